The van der Waals surface area contributed by atoms with E-state index >= 15 is 0 Å². The van der Waals surface area contributed by atoms with Gasteiger partial charge in [0.15, 0.2) is 0 Å². The van der Waals surface area contributed by atoms with Crippen molar-refractivity contribution in [3.63, 3.8) is 0 Å². The molecule has 1 rings (SSSR count). The zero-order valence-corrected chi connectivity index (χ0v) is 21.6. The quantitative estimate of drug-likeness (QED) is 0.107. The van der Waals surface area contributed by atoms with Gasteiger partial charge in [0, 0.05) is 32.2 Å². The zero-order valence-electron chi connectivity index (χ0n) is 21.6. The van der Waals surface area contributed by atoms with E-state index in [4.69, 9.17) is 11.5 Å². The Balaban J connectivity index is 2.52. The van der Waals surface area contributed by atoms with E-state index in [0.29, 0.717) is 32.2 Å². The standard InChI is InChI=1S/C25H40N6O6/c1-25(2,27)31-23(36)9-6-8-22(35)30-19(15-17-10-12-18(32)13-11-17)24(37)28-14-5-3-4-7-21(34)29-16-20(26)33/h10-13,19,32H,3-9,14-16,27H2,1-2H3,(H2,26,33)(H,28,37)(H,29,34)(H,30,35)(H,31,36)/t19-/m0/s1. The van der Waals surface area contributed by atoms with Crippen LogP contribution in [-0.2, 0) is 30.4 Å². The average Bonchev–Trinajstić information content (AvgIpc) is 2.79. The van der Waals surface area contributed by atoms with Gasteiger partial charge in [0.05, 0.1) is 12.2 Å². The number of hydrogen-bond donors (Lipinski definition) is 7. The molecule has 0 aliphatic heterocycles. The summed E-state index contributed by atoms with van der Waals surface area (Å²) in [6.07, 6.45) is 2.86. The first-order valence-electron chi connectivity index (χ1n) is 12.4. The Morgan fingerprint density at radius 1 is 0.865 bits per heavy atom. The highest BCUT2D eigenvalue weighted by atomic mass is 16.3. The highest BCUT2D eigenvalue weighted by Gasteiger charge is 2.21. The lowest BCUT2D eigenvalue weighted by atomic mass is 10.0. The number of aromatic hydroxyl groups is 1. The van der Waals surface area contributed by atoms with Gasteiger partial charge in [-0.25, -0.2) is 0 Å². The summed E-state index contributed by atoms with van der Waals surface area (Å²) < 4.78 is 0. The zero-order chi connectivity index (χ0) is 27.8. The predicted octanol–water partition coefficient (Wildman–Crippen LogP) is -0.321. The number of amides is 5. The topological polar surface area (TPSA) is 206 Å². The molecule has 12 heteroatoms. The molecular formula is C25H40N6O6. The van der Waals surface area contributed by atoms with E-state index in [-0.39, 0.29) is 61.6 Å². The molecule has 0 heterocycles. The molecule has 0 saturated heterocycles. The second-order valence-electron chi connectivity index (χ2n) is 9.46. The maximum absolute atomic E-state index is 12.8. The van der Waals surface area contributed by atoms with Crippen molar-refractivity contribution in [3.8, 4) is 5.75 Å². The van der Waals surface area contributed by atoms with Crippen LogP contribution in [0.5, 0.6) is 5.75 Å². The van der Waals surface area contributed by atoms with Gasteiger partial charge in [0.1, 0.15) is 11.8 Å². The summed E-state index contributed by atoms with van der Waals surface area (Å²) >= 11 is 0. The normalized spacial score (nSPS) is 11.8. The molecule has 1 aromatic rings. The third-order valence-electron chi connectivity index (χ3n) is 5.14. The molecule has 0 aliphatic rings. The third kappa shape index (κ3) is 15.8. The molecule has 0 saturated carbocycles. The van der Waals surface area contributed by atoms with Crippen molar-refractivity contribution in [3.05, 3.63) is 29.8 Å². The number of unbranched alkanes of at least 4 members (excludes halogenated alkanes) is 2. The monoisotopic (exact) mass is 520 g/mol. The maximum Gasteiger partial charge on any atom is 0.242 e. The van der Waals surface area contributed by atoms with Crippen LogP contribution >= 0.6 is 0 Å². The SMILES string of the molecule is CC(C)(N)NC(=O)CCCC(=O)N[C@@H](Cc1ccc(O)cc1)C(=O)NCCCCCC(=O)NCC(N)=O. The molecule has 1 aromatic carbocycles. The summed E-state index contributed by atoms with van der Waals surface area (Å²) in [5, 5.41) is 20.1. The number of benzene rings is 1. The Bertz CT molecular complexity index is 913. The van der Waals surface area contributed by atoms with E-state index in [1.807, 2.05) is 0 Å². The molecule has 5 amide bonds. The third-order valence-corrected chi connectivity index (χ3v) is 5.14. The van der Waals surface area contributed by atoms with Crippen molar-refractivity contribution >= 4 is 29.5 Å². The molecule has 0 fully saturated rings. The molecule has 0 aromatic heterocycles. The first kappa shape index (κ1) is 31.4. The second-order valence-corrected chi connectivity index (χ2v) is 9.46. The molecule has 206 valence electrons. The number of primary amides is 1. The van der Waals surface area contributed by atoms with Crippen molar-refractivity contribution in [1.29, 1.82) is 0 Å². The lowest BCUT2D eigenvalue weighted by Crippen LogP contribution is -2.50. The molecule has 12 nitrogen and oxygen atoms in total. The van der Waals surface area contributed by atoms with Gasteiger partial charge in [-0.2, -0.15) is 0 Å². The molecule has 37 heavy (non-hydrogen) atoms. The van der Waals surface area contributed by atoms with E-state index in [1.54, 1.807) is 26.0 Å². The van der Waals surface area contributed by atoms with Crippen LogP contribution in [0.1, 0.15) is 64.4 Å². The van der Waals surface area contributed by atoms with Crippen LogP contribution in [0.3, 0.4) is 0 Å². The molecule has 0 bridgehead atoms. The van der Waals surface area contributed by atoms with Crippen LogP contribution in [0.4, 0.5) is 0 Å². The Morgan fingerprint density at radius 3 is 2.11 bits per heavy atom. The maximum atomic E-state index is 12.8. The number of carbonyl (C=O) groups is 5. The van der Waals surface area contributed by atoms with Crippen LogP contribution in [0.2, 0.25) is 0 Å². The van der Waals surface area contributed by atoms with Gasteiger partial charge in [-0.05, 0) is 50.8 Å². The molecule has 9 N–H and O–H groups in total. The molecule has 1 atom stereocenters. The van der Waals surface area contributed by atoms with E-state index in [1.165, 1.54) is 12.1 Å². The predicted molar refractivity (Wildman–Crippen MR) is 138 cm³/mol. The minimum absolute atomic E-state index is 0.0651. The van der Waals surface area contributed by atoms with Crippen molar-refractivity contribution in [1.82, 2.24) is 21.3 Å². The van der Waals surface area contributed by atoms with Gasteiger partial charge in [0.25, 0.3) is 0 Å². The Hall–Kier alpha value is -3.67. The number of rotatable bonds is 17. The fraction of sp³-hybridized carbons (Fsp3) is 0.560. The minimum Gasteiger partial charge on any atom is -0.508 e. The summed E-state index contributed by atoms with van der Waals surface area (Å²) in [5.74, 6) is -1.75. The fourth-order valence-corrected chi connectivity index (χ4v) is 3.37. The highest BCUT2D eigenvalue weighted by molar-refractivity contribution is 5.88. The van der Waals surface area contributed by atoms with Crippen molar-refractivity contribution in [2.24, 2.45) is 11.5 Å². The largest absolute Gasteiger partial charge is 0.508 e. The fourth-order valence-electron chi connectivity index (χ4n) is 3.37. The molecule has 0 radical (unpaired) electrons. The van der Waals surface area contributed by atoms with Crippen molar-refractivity contribution in [2.75, 3.05) is 13.1 Å². The Morgan fingerprint density at radius 2 is 1.49 bits per heavy atom. The van der Waals surface area contributed by atoms with E-state index in [9.17, 15) is 29.1 Å². The average molecular weight is 521 g/mol. The van der Waals surface area contributed by atoms with Gasteiger partial charge in [-0.3, -0.25) is 24.0 Å². The number of nitrogens with one attached hydrogen (secondary N) is 4. The molecule has 0 spiro atoms. The summed E-state index contributed by atoms with van der Waals surface area (Å²) in [5.41, 5.74) is 10.6. The number of phenols is 1. The first-order valence-corrected chi connectivity index (χ1v) is 12.4. The highest BCUT2D eigenvalue weighted by Crippen LogP contribution is 2.12. The summed E-state index contributed by atoms with van der Waals surface area (Å²) in [6, 6.07) is 5.51. The summed E-state index contributed by atoms with van der Waals surface area (Å²) in [7, 11) is 0. The van der Waals surface area contributed by atoms with Gasteiger partial charge < -0.3 is 37.8 Å². The van der Waals surface area contributed by atoms with Crippen LogP contribution in [0.15, 0.2) is 24.3 Å². The van der Waals surface area contributed by atoms with Gasteiger partial charge in [0.2, 0.25) is 29.5 Å². The lowest BCUT2D eigenvalue weighted by molar-refractivity contribution is -0.129. The van der Waals surface area contributed by atoms with Crippen LogP contribution in [-0.4, -0.2) is 59.4 Å². The van der Waals surface area contributed by atoms with Crippen molar-refractivity contribution in [2.45, 2.75) is 76.9 Å². The second kappa shape index (κ2) is 16.1. The Labute approximate surface area is 217 Å². The van der Waals surface area contributed by atoms with E-state index in [0.717, 1.165) is 5.56 Å². The van der Waals surface area contributed by atoms with Gasteiger partial charge in [-0.15, -0.1) is 0 Å². The molecule has 0 unspecified atom stereocenters. The van der Waals surface area contributed by atoms with E-state index in [2.05, 4.69) is 21.3 Å². The first-order chi connectivity index (χ1) is 17.4. The van der Waals surface area contributed by atoms with Crippen LogP contribution < -0.4 is 32.7 Å². The summed E-state index contributed by atoms with van der Waals surface area (Å²) in [4.78, 5) is 59.4. The number of hydrogen-bond acceptors (Lipinski definition) is 7. The molecular weight excluding hydrogens is 480 g/mol. The minimum atomic E-state index is -0.843. The number of phenolic OH excluding ortho intramolecular Hbond substituents is 1. The van der Waals surface area contributed by atoms with Crippen molar-refractivity contribution < 1.29 is 29.1 Å². The van der Waals surface area contributed by atoms with Crippen LogP contribution in [0.25, 0.3) is 0 Å². The summed E-state index contributed by atoms with van der Waals surface area (Å²) in [6.45, 7) is 3.49. The van der Waals surface area contributed by atoms with Crippen LogP contribution in [0, 0.1) is 0 Å². The van der Waals surface area contributed by atoms with E-state index < -0.39 is 17.6 Å². The smallest absolute Gasteiger partial charge is 0.242 e. The lowest BCUT2D eigenvalue weighted by Gasteiger charge is -2.21. The van der Waals surface area contributed by atoms with Gasteiger partial charge >= 0.3 is 0 Å². The number of carbonyl (C=O) groups excluding carboxylic acids is 5. The number of nitrogens with two attached hydrogens (primary N) is 2. The molecule has 0 aliphatic carbocycles. The van der Waals surface area contributed by atoms with Gasteiger partial charge in [-0.1, -0.05) is 18.6 Å². The Kier molecular flexibility index (Phi) is 13.7.